The molecule has 7 nitrogen and oxygen atoms in total. The highest BCUT2D eigenvalue weighted by atomic mass is 32.2. The molecule has 3 aromatic rings. The van der Waals surface area contributed by atoms with E-state index in [2.05, 4.69) is 0 Å². The van der Waals surface area contributed by atoms with Gasteiger partial charge >= 0.3 is 0 Å². The average molecular weight is 416 g/mol. The molecule has 1 atom stereocenters. The molecule has 0 aliphatic carbocycles. The highest BCUT2D eigenvalue weighted by molar-refractivity contribution is 7.91. The number of thiophene rings is 1. The fourth-order valence-corrected chi connectivity index (χ4v) is 5.80. The van der Waals surface area contributed by atoms with Crippen LogP contribution in [0.15, 0.2) is 74.9 Å². The van der Waals surface area contributed by atoms with Crippen molar-refractivity contribution in [2.45, 2.75) is 23.2 Å². The summed E-state index contributed by atoms with van der Waals surface area (Å²) >= 11 is 1.06. The van der Waals surface area contributed by atoms with E-state index >= 15 is 0 Å². The third-order valence-corrected chi connectivity index (χ3v) is 7.66. The number of amides is 2. The monoisotopic (exact) mass is 416 g/mol. The number of sulfonamides is 1. The minimum absolute atomic E-state index is 0.109. The van der Waals surface area contributed by atoms with Gasteiger partial charge in [0.1, 0.15) is 16.0 Å². The molecule has 4 rings (SSSR count). The predicted molar refractivity (Wildman–Crippen MR) is 103 cm³/mol. The summed E-state index contributed by atoms with van der Waals surface area (Å²) in [6.07, 6.45) is 1.21. The van der Waals surface area contributed by atoms with Crippen LogP contribution in [0.5, 0.6) is 0 Å². The standard InChI is InChI=1S/C19H16N2O5S2/c22-17-12-16(19(23)21(17)14-6-2-1-3-7-14)20(13-15-8-4-10-26-15)28(24,25)18-9-5-11-27-18/h1-11,16H,12-13H2. The SMILES string of the molecule is O=C1CC(N(Cc2ccco2)S(=O)(=O)c2cccs2)C(=O)N1c1ccccc1. The number of nitrogens with zero attached hydrogens (tertiary/aromatic N) is 2. The fourth-order valence-electron chi connectivity index (χ4n) is 3.13. The summed E-state index contributed by atoms with van der Waals surface area (Å²) in [7, 11) is -3.99. The maximum atomic E-state index is 13.2. The van der Waals surface area contributed by atoms with Crippen LogP contribution >= 0.6 is 11.3 Å². The highest BCUT2D eigenvalue weighted by Gasteiger charge is 2.47. The molecular weight excluding hydrogens is 400 g/mol. The van der Waals surface area contributed by atoms with Crippen LogP contribution in [0.25, 0.3) is 0 Å². The molecule has 0 N–H and O–H groups in total. The molecule has 28 heavy (non-hydrogen) atoms. The normalized spacial score (nSPS) is 17.6. The molecule has 2 aromatic heterocycles. The Morgan fingerprint density at radius 2 is 1.86 bits per heavy atom. The Morgan fingerprint density at radius 3 is 2.50 bits per heavy atom. The molecule has 0 spiro atoms. The van der Waals surface area contributed by atoms with Crippen molar-refractivity contribution in [3.05, 3.63) is 72.0 Å². The van der Waals surface area contributed by atoms with Crippen molar-refractivity contribution in [3.63, 3.8) is 0 Å². The number of anilines is 1. The predicted octanol–water partition coefficient (Wildman–Crippen LogP) is 2.86. The van der Waals surface area contributed by atoms with Gasteiger partial charge < -0.3 is 4.42 Å². The van der Waals surface area contributed by atoms with Gasteiger partial charge in [0, 0.05) is 0 Å². The Kier molecular flexibility index (Phi) is 4.88. The molecular formula is C19H16N2O5S2. The average Bonchev–Trinajstić information content (AvgIpc) is 3.43. The summed E-state index contributed by atoms with van der Waals surface area (Å²) < 4.78 is 32.9. The molecule has 1 saturated heterocycles. The second-order valence-corrected chi connectivity index (χ2v) is 9.25. The van der Waals surface area contributed by atoms with Gasteiger partial charge in [0.25, 0.3) is 15.9 Å². The Morgan fingerprint density at radius 1 is 1.07 bits per heavy atom. The maximum Gasteiger partial charge on any atom is 0.253 e. The third-order valence-electron chi connectivity index (χ3n) is 4.43. The van der Waals surface area contributed by atoms with Crippen molar-refractivity contribution in [1.29, 1.82) is 0 Å². The second-order valence-electron chi connectivity index (χ2n) is 6.18. The highest BCUT2D eigenvalue weighted by Crippen LogP contribution is 2.31. The van der Waals surface area contributed by atoms with E-state index in [4.69, 9.17) is 4.42 Å². The van der Waals surface area contributed by atoms with E-state index in [0.717, 1.165) is 20.5 Å². The first-order valence-corrected chi connectivity index (χ1v) is 10.8. The number of hydrogen-bond acceptors (Lipinski definition) is 6. The summed E-state index contributed by atoms with van der Waals surface area (Å²) in [5, 5.41) is 1.65. The first kappa shape index (κ1) is 18.6. The molecule has 1 aromatic carbocycles. The number of furan rings is 1. The zero-order chi connectivity index (χ0) is 19.7. The van der Waals surface area contributed by atoms with Crippen LogP contribution in [0.1, 0.15) is 12.2 Å². The van der Waals surface area contributed by atoms with Crippen LogP contribution in [-0.4, -0.2) is 30.6 Å². The molecule has 1 unspecified atom stereocenters. The Labute approximate surface area is 165 Å². The van der Waals surface area contributed by atoms with Gasteiger partial charge in [-0.05, 0) is 35.7 Å². The van der Waals surface area contributed by atoms with Gasteiger partial charge in [-0.25, -0.2) is 13.3 Å². The molecule has 1 aliphatic heterocycles. The first-order valence-electron chi connectivity index (χ1n) is 8.48. The van der Waals surface area contributed by atoms with Crippen molar-refractivity contribution in [2.75, 3.05) is 4.90 Å². The second kappa shape index (κ2) is 7.34. The quantitative estimate of drug-likeness (QED) is 0.577. The van der Waals surface area contributed by atoms with E-state index in [-0.39, 0.29) is 17.2 Å². The van der Waals surface area contributed by atoms with Crippen molar-refractivity contribution >= 4 is 38.9 Å². The van der Waals surface area contributed by atoms with E-state index < -0.39 is 27.9 Å². The van der Waals surface area contributed by atoms with Crippen molar-refractivity contribution in [3.8, 4) is 0 Å². The molecule has 9 heteroatoms. The summed E-state index contributed by atoms with van der Waals surface area (Å²) in [6.45, 7) is -0.139. The molecule has 3 heterocycles. The van der Waals surface area contributed by atoms with Crippen LogP contribution in [0.2, 0.25) is 0 Å². The molecule has 2 amide bonds. The first-order chi connectivity index (χ1) is 13.5. The van der Waals surface area contributed by atoms with Crippen LogP contribution in [0.3, 0.4) is 0 Å². The third kappa shape index (κ3) is 3.28. The van der Waals surface area contributed by atoms with Crippen molar-refractivity contribution < 1.29 is 22.4 Å². The van der Waals surface area contributed by atoms with Crippen LogP contribution < -0.4 is 4.90 Å². The largest absolute Gasteiger partial charge is 0.468 e. The van der Waals surface area contributed by atoms with Crippen LogP contribution in [0.4, 0.5) is 5.69 Å². The Bertz CT molecular complexity index is 1080. The van der Waals surface area contributed by atoms with E-state index in [1.165, 1.54) is 12.3 Å². The Hall–Kier alpha value is -2.75. The minimum atomic E-state index is -3.99. The topological polar surface area (TPSA) is 87.9 Å². The van der Waals surface area contributed by atoms with Crippen LogP contribution in [-0.2, 0) is 26.2 Å². The molecule has 0 bridgehead atoms. The minimum Gasteiger partial charge on any atom is -0.468 e. The van der Waals surface area contributed by atoms with Crippen LogP contribution in [0, 0.1) is 0 Å². The molecule has 0 radical (unpaired) electrons. The van der Waals surface area contributed by atoms with Gasteiger partial charge in [0.15, 0.2) is 0 Å². The summed E-state index contributed by atoms with van der Waals surface area (Å²) in [6, 6.07) is 13.7. The van der Waals surface area contributed by atoms with Gasteiger partial charge in [-0.15, -0.1) is 11.3 Å². The van der Waals surface area contributed by atoms with Crippen molar-refractivity contribution in [2.24, 2.45) is 0 Å². The van der Waals surface area contributed by atoms with E-state index in [9.17, 15) is 18.0 Å². The fraction of sp³-hybridized carbons (Fsp3) is 0.158. The van der Waals surface area contributed by atoms with Gasteiger partial charge in [-0.2, -0.15) is 4.31 Å². The zero-order valence-electron chi connectivity index (χ0n) is 14.6. The lowest BCUT2D eigenvalue weighted by Gasteiger charge is -2.25. The summed E-state index contributed by atoms with van der Waals surface area (Å²) in [5.74, 6) is -0.617. The van der Waals surface area contributed by atoms with Gasteiger partial charge in [0.05, 0.1) is 24.9 Å². The number of rotatable bonds is 6. The van der Waals surface area contributed by atoms with E-state index in [0.29, 0.717) is 11.4 Å². The summed E-state index contributed by atoms with van der Waals surface area (Å²) in [5.41, 5.74) is 0.423. The number of para-hydroxylation sites is 1. The van der Waals surface area contributed by atoms with E-state index in [1.807, 2.05) is 0 Å². The van der Waals surface area contributed by atoms with Gasteiger partial charge in [-0.3, -0.25) is 9.59 Å². The lowest BCUT2D eigenvalue weighted by Crippen LogP contribution is -2.44. The number of hydrogen-bond donors (Lipinski definition) is 0. The molecule has 0 saturated carbocycles. The molecule has 144 valence electrons. The molecule has 1 fully saturated rings. The van der Waals surface area contributed by atoms with E-state index in [1.54, 1.807) is 53.9 Å². The lowest BCUT2D eigenvalue weighted by atomic mass is 10.2. The number of imide groups is 1. The Balaban J connectivity index is 1.73. The number of carbonyl (C=O) groups excluding carboxylic acids is 2. The summed E-state index contributed by atoms with van der Waals surface area (Å²) in [4.78, 5) is 26.7. The van der Waals surface area contributed by atoms with Gasteiger partial charge in [-0.1, -0.05) is 24.3 Å². The van der Waals surface area contributed by atoms with Crippen molar-refractivity contribution in [1.82, 2.24) is 4.31 Å². The zero-order valence-corrected chi connectivity index (χ0v) is 16.2. The number of benzene rings is 1. The number of carbonyl (C=O) groups is 2. The molecule has 1 aliphatic rings. The lowest BCUT2D eigenvalue weighted by molar-refractivity contribution is -0.122. The maximum absolute atomic E-state index is 13.2. The smallest absolute Gasteiger partial charge is 0.253 e. The van der Waals surface area contributed by atoms with Gasteiger partial charge in [0.2, 0.25) is 5.91 Å².